The first-order valence-corrected chi connectivity index (χ1v) is 18.3. The van der Waals surface area contributed by atoms with Crippen LogP contribution in [-0.2, 0) is 9.59 Å². The van der Waals surface area contributed by atoms with E-state index in [-0.39, 0.29) is 17.4 Å². The van der Waals surface area contributed by atoms with Gasteiger partial charge < -0.3 is 20.4 Å². The van der Waals surface area contributed by atoms with E-state index in [1.54, 1.807) is 84.9 Å². The van der Waals surface area contributed by atoms with E-state index in [0.717, 1.165) is 20.5 Å². The molecule has 0 radical (unpaired) electrons. The zero-order valence-corrected chi connectivity index (χ0v) is 30.5. The highest BCUT2D eigenvalue weighted by Gasteiger charge is 2.17. The summed E-state index contributed by atoms with van der Waals surface area (Å²) < 4.78 is 6.93. The minimum absolute atomic E-state index is 0.00522. The van der Waals surface area contributed by atoms with Gasteiger partial charge in [-0.2, -0.15) is 0 Å². The molecule has 0 aliphatic heterocycles. The lowest BCUT2D eigenvalue weighted by Crippen LogP contribution is -2.30. The molecule has 250 valence electrons. The number of benzene rings is 4. The van der Waals surface area contributed by atoms with Gasteiger partial charge in [0.05, 0.1) is 16.5 Å². The predicted molar refractivity (Wildman–Crippen MR) is 206 cm³/mol. The van der Waals surface area contributed by atoms with Crippen molar-refractivity contribution in [3.63, 3.8) is 0 Å². The average molecular weight is 805 g/mol. The number of amides is 3. The highest BCUT2D eigenvalue weighted by atomic mass is 79.9. The zero-order chi connectivity index (χ0) is 35.0. The average Bonchev–Trinajstić information content (AvgIpc) is 3.78. The van der Waals surface area contributed by atoms with E-state index < -0.39 is 11.8 Å². The van der Waals surface area contributed by atoms with Crippen LogP contribution in [0.25, 0.3) is 28.7 Å². The van der Waals surface area contributed by atoms with Crippen LogP contribution in [0.5, 0.6) is 0 Å². The molecule has 13 heteroatoms. The third-order valence-corrected chi connectivity index (χ3v) is 9.86. The molecule has 0 saturated carbocycles. The third-order valence-electron chi connectivity index (χ3n) is 7.01. The van der Waals surface area contributed by atoms with E-state index >= 15 is 0 Å². The second kappa shape index (κ2) is 16.4. The van der Waals surface area contributed by atoms with Crippen molar-refractivity contribution in [2.24, 2.45) is 0 Å². The quantitative estimate of drug-likeness (QED) is 0.0888. The number of nitrogens with zero attached hydrogens (tertiary/aromatic N) is 1. The van der Waals surface area contributed by atoms with E-state index in [1.807, 2.05) is 29.6 Å². The Bertz CT molecular complexity index is 2190. The fraction of sp³-hybridized carbons (Fsp3) is 0.0270. The second-order valence-electron chi connectivity index (χ2n) is 10.6. The monoisotopic (exact) mass is 802 g/mol. The van der Waals surface area contributed by atoms with Crippen molar-refractivity contribution in [1.82, 2.24) is 10.3 Å². The number of thioether (sulfide) groups is 1. The van der Waals surface area contributed by atoms with E-state index in [2.05, 4.69) is 36.9 Å². The lowest BCUT2D eigenvalue weighted by atomic mass is 10.2. The number of thiazole rings is 1. The second-order valence-corrected chi connectivity index (χ2v) is 14.2. The first kappa shape index (κ1) is 35.2. The van der Waals surface area contributed by atoms with Gasteiger partial charge in [-0.1, -0.05) is 69.5 Å². The number of anilines is 2. The van der Waals surface area contributed by atoms with Crippen molar-refractivity contribution in [3.05, 3.63) is 146 Å². The van der Waals surface area contributed by atoms with E-state index in [4.69, 9.17) is 27.6 Å². The normalized spacial score (nSPS) is 11.2. The van der Waals surface area contributed by atoms with Crippen LogP contribution < -0.4 is 16.0 Å². The number of rotatable bonds is 11. The van der Waals surface area contributed by atoms with Crippen LogP contribution in [0.3, 0.4) is 0 Å². The Labute approximate surface area is 314 Å². The number of furan rings is 1. The number of aromatic nitrogens is 1. The van der Waals surface area contributed by atoms with Gasteiger partial charge in [0.2, 0.25) is 5.91 Å². The lowest BCUT2D eigenvalue weighted by molar-refractivity contribution is -0.114. The Kier molecular flexibility index (Phi) is 11.5. The van der Waals surface area contributed by atoms with Crippen molar-refractivity contribution >= 4 is 96.8 Å². The molecule has 0 aliphatic rings. The molecular formula is C37H25BrCl2N4O4S2. The van der Waals surface area contributed by atoms with Gasteiger partial charge in [-0.3, -0.25) is 14.4 Å². The Hall–Kier alpha value is -4.65. The third kappa shape index (κ3) is 9.32. The van der Waals surface area contributed by atoms with Gasteiger partial charge in [-0.15, -0.1) is 23.1 Å². The largest absolute Gasteiger partial charge is 0.457 e. The SMILES string of the molecule is O=C(CSc1ccc(NC(=O)/C(=C/c2ccc(-c3ccc(Br)cc3)o2)NC(=O)c2ccccc2)cc1)Nc1nc(-c2ccc(Cl)cc2Cl)cs1. The number of hydrogen-bond donors (Lipinski definition) is 3. The first-order valence-electron chi connectivity index (χ1n) is 14.9. The molecule has 50 heavy (non-hydrogen) atoms. The van der Waals surface area contributed by atoms with Crippen molar-refractivity contribution in [2.75, 3.05) is 16.4 Å². The highest BCUT2D eigenvalue weighted by molar-refractivity contribution is 9.10. The maximum atomic E-state index is 13.5. The minimum Gasteiger partial charge on any atom is -0.457 e. The zero-order valence-electron chi connectivity index (χ0n) is 25.8. The Morgan fingerprint density at radius 2 is 1.64 bits per heavy atom. The predicted octanol–water partition coefficient (Wildman–Crippen LogP) is 10.3. The standard InChI is InChI=1S/C37H25BrCl2N4O4S2/c38-24-8-6-22(7-9-24)33-17-13-27(48-33)19-31(42-35(46)23-4-2-1-3-5-23)36(47)41-26-11-14-28(15-12-26)49-21-34(45)44-37-43-32(20-50-37)29-16-10-25(39)18-30(29)40/h1-20H,21H2,(H,41,47)(H,42,46)(H,43,44,45)/b31-19-. The van der Waals surface area contributed by atoms with Gasteiger partial charge in [0, 0.05) is 48.2 Å². The molecule has 0 spiro atoms. The summed E-state index contributed by atoms with van der Waals surface area (Å²) in [6.07, 6.45) is 1.48. The minimum atomic E-state index is -0.543. The molecule has 0 atom stereocenters. The smallest absolute Gasteiger partial charge is 0.272 e. The molecule has 2 heterocycles. The molecule has 0 saturated heterocycles. The molecule has 8 nitrogen and oxygen atoms in total. The Balaban J connectivity index is 1.09. The van der Waals surface area contributed by atoms with Crippen LogP contribution >= 0.6 is 62.2 Å². The molecule has 0 aliphatic carbocycles. The molecule has 4 aromatic carbocycles. The summed E-state index contributed by atoms with van der Waals surface area (Å²) in [5.74, 6) is -0.0712. The molecule has 0 bridgehead atoms. The summed E-state index contributed by atoms with van der Waals surface area (Å²) in [6.45, 7) is 0. The van der Waals surface area contributed by atoms with Gasteiger partial charge in [-0.25, -0.2) is 4.98 Å². The van der Waals surface area contributed by atoms with Crippen LogP contribution in [0.1, 0.15) is 16.1 Å². The number of nitrogens with one attached hydrogen (secondary N) is 3. The van der Waals surface area contributed by atoms with Crippen LogP contribution in [0.4, 0.5) is 10.8 Å². The molecule has 2 aromatic heterocycles. The summed E-state index contributed by atoms with van der Waals surface area (Å²) in [6, 6.07) is 31.9. The number of halogens is 3. The Morgan fingerprint density at radius 1 is 0.880 bits per heavy atom. The van der Waals surface area contributed by atoms with Crippen LogP contribution in [0.15, 0.2) is 134 Å². The topological polar surface area (TPSA) is 113 Å². The van der Waals surface area contributed by atoms with Gasteiger partial charge in [0.15, 0.2) is 5.13 Å². The van der Waals surface area contributed by atoms with E-state index in [0.29, 0.717) is 43.6 Å². The van der Waals surface area contributed by atoms with Gasteiger partial charge in [-0.05, 0) is 78.9 Å². The molecule has 6 aromatic rings. The molecule has 0 fully saturated rings. The lowest BCUT2D eigenvalue weighted by Gasteiger charge is -2.11. The molecule has 3 N–H and O–H groups in total. The molecular weight excluding hydrogens is 779 g/mol. The molecule has 6 rings (SSSR count). The van der Waals surface area contributed by atoms with Gasteiger partial charge >= 0.3 is 0 Å². The number of hydrogen-bond acceptors (Lipinski definition) is 7. The number of carbonyl (C=O) groups excluding carboxylic acids is 3. The maximum absolute atomic E-state index is 13.5. The van der Waals surface area contributed by atoms with Crippen molar-refractivity contribution in [1.29, 1.82) is 0 Å². The van der Waals surface area contributed by atoms with Gasteiger partial charge in [0.1, 0.15) is 17.2 Å². The molecule has 0 unspecified atom stereocenters. The first-order chi connectivity index (χ1) is 24.2. The summed E-state index contributed by atoms with van der Waals surface area (Å²) in [4.78, 5) is 44.4. The Morgan fingerprint density at radius 3 is 2.38 bits per heavy atom. The summed E-state index contributed by atoms with van der Waals surface area (Å²) >= 11 is 18.3. The summed E-state index contributed by atoms with van der Waals surface area (Å²) in [7, 11) is 0. The summed E-state index contributed by atoms with van der Waals surface area (Å²) in [5, 5.41) is 11.6. The van der Waals surface area contributed by atoms with E-state index in [1.165, 1.54) is 29.2 Å². The van der Waals surface area contributed by atoms with Crippen LogP contribution in [0.2, 0.25) is 10.0 Å². The van der Waals surface area contributed by atoms with Crippen molar-refractivity contribution in [2.45, 2.75) is 4.90 Å². The van der Waals surface area contributed by atoms with E-state index in [9.17, 15) is 14.4 Å². The van der Waals surface area contributed by atoms with Crippen LogP contribution in [-0.4, -0.2) is 28.5 Å². The maximum Gasteiger partial charge on any atom is 0.272 e. The van der Waals surface area contributed by atoms with Crippen molar-refractivity contribution in [3.8, 4) is 22.6 Å². The van der Waals surface area contributed by atoms with Crippen LogP contribution in [0, 0.1) is 0 Å². The fourth-order valence-corrected chi connectivity index (χ4v) is 6.77. The van der Waals surface area contributed by atoms with Crippen molar-refractivity contribution < 1.29 is 18.8 Å². The fourth-order valence-electron chi connectivity index (χ4n) is 4.57. The highest BCUT2D eigenvalue weighted by Crippen LogP contribution is 2.33. The van der Waals surface area contributed by atoms with Gasteiger partial charge in [0.25, 0.3) is 11.8 Å². The molecule has 3 amide bonds. The number of carbonyl (C=O) groups is 3. The summed E-state index contributed by atoms with van der Waals surface area (Å²) in [5.41, 5.74) is 3.11.